The van der Waals surface area contributed by atoms with E-state index in [2.05, 4.69) is 70.2 Å². The molecule has 0 amide bonds. The molecule has 0 saturated heterocycles. The predicted molar refractivity (Wildman–Crippen MR) is 115 cm³/mol. The summed E-state index contributed by atoms with van der Waals surface area (Å²) in [5.74, 6) is 0. The van der Waals surface area contributed by atoms with Crippen LogP contribution in [0.2, 0.25) is 0 Å². The first-order valence-corrected chi connectivity index (χ1v) is 10.5. The highest BCUT2D eigenvalue weighted by Gasteiger charge is 2.03. The van der Waals surface area contributed by atoms with Gasteiger partial charge in [0, 0.05) is 0 Å². The first-order chi connectivity index (χ1) is 10.8. The first-order valence-electron chi connectivity index (χ1n) is 8.09. The van der Waals surface area contributed by atoms with Crippen molar-refractivity contribution < 1.29 is 0 Å². The van der Waals surface area contributed by atoms with Crippen molar-refractivity contribution in [3.63, 3.8) is 0 Å². The molecule has 0 aliphatic rings. The second-order valence-corrected chi connectivity index (χ2v) is 5.52. The Morgan fingerprint density at radius 1 is 0.591 bits per heavy atom. The molecule has 0 aliphatic heterocycles. The van der Waals surface area contributed by atoms with E-state index in [4.69, 9.17) is 0 Å². The van der Waals surface area contributed by atoms with Crippen LogP contribution in [0.25, 0.3) is 11.1 Å². The molecular weight excluding hydrogens is 321 g/mol. The molecule has 2 aromatic rings. The van der Waals surface area contributed by atoms with E-state index in [1.54, 1.807) is 0 Å². The summed E-state index contributed by atoms with van der Waals surface area (Å²) in [4.78, 5) is 0. The van der Waals surface area contributed by atoms with Crippen molar-refractivity contribution in [1.29, 1.82) is 0 Å². The lowest BCUT2D eigenvalue weighted by molar-refractivity contribution is 1.28. The number of hydrogen-bond donors (Lipinski definition) is 0. The molecule has 3 unspecified atom stereocenters. The maximum atomic E-state index is 2.82. The van der Waals surface area contributed by atoms with Crippen LogP contribution in [0.1, 0.15) is 44.4 Å². The molecule has 2 aromatic carbocycles. The van der Waals surface area contributed by atoms with Gasteiger partial charge < -0.3 is 0 Å². The third-order valence-electron chi connectivity index (χ3n) is 3.17. The molecule has 122 valence electrons. The van der Waals surface area contributed by atoms with Gasteiger partial charge in [0.05, 0.1) is 0 Å². The average Bonchev–Trinajstić information content (AvgIpc) is 2.64. The lowest BCUT2D eigenvalue weighted by Gasteiger charge is -2.09. The number of rotatable bonds is 4. The Morgan fingerprint density at radius 2 is 1.09 bits per heavy atom. The quantitative estimate of drug-likeness (QED) is 0.549. The van der Waals surface area contributed by atoms with Crippen molar-refractivity contribution >= 4 is 27.7 Å². The number of benzene rings is 2. The molecule has 0 radical (unpaired) electrons. The van der Waals surface area contributed by atoms with Crippen LogP contribution in [0.3, 0.4) is 0 Å². The molecule has 22 heavy (non-hydrogen) atoms. The highest BCUT2D eigenvalue weighted by molar-refractivity contribution is 7.16. The van der Waals surface area contributed by atoms with E-state index in [0.29, 0.717) is 0 Å². The molecule has 0 aromatic heterocycles. The Kier molecular flexibility index (Phi) is 13.0. The Bertz CT molecular complexity index is 519. The van der Waals surface area contributed by atoms with Gasteiger partial charge in [0.1, 0.15) is 0 Å². The summed E-state index contributed by atoms with van der Waals surface area (Å²) in [6, 6.07) is 15.6. The molecule has 3 heteroatoms. The predicted octanol–water partition coefficient (Wildman–Crippen LogP) is 6.53. The molecule has 0 heterocycles. The van der Waals surface area contributed by atoms with E-state index in [-0.39, 0.29) is 0 Å². The van der Waals surface area contributed by atoms with Gasteiger partial charge in [0.2, 0.25) is 0 Å². The summed E-state index contributed by atoms with van der Waals surface area (Å²) in [5.41, 5.74) is 6.80. The lowest BCUT2D eigenvalue weighted by atomic mass is 10.00. The van der Waals surface area contributed by atoms with Crippen molar-refractivity contribution in [2.24, 2.45) is 0 Å². The number of hydrogen-bond acceptors (Lipinski definition) is 0. The minimum atomic E-state index is 1.02. The monoisotopic (exact) mass is 352 g/mol. The fourth-order valence-electron chi connectivity index (χ4n) is 2.03. The smallest absolute Gasteiger partial charge is 0.0125 e. The van der Waals surface area contributed by atoms with Gasteiger partial charge in [-0.25, -0.2) is 0 Å². The van der Waals surface area contributed by atoms with Crippen LogP contribution in [0.4, 0.5) is 0 Å². The largest absolute Gasteiger partial charge is 0.133 e. The molecule has 0 nitrogen and oxygen atoms in total. The zero-order chi connectivity index (χ0) is 17.0. The van der Waals surface area contributed by atoms with Gasteiger partial charge in [-0.3, -0.25) is 0 Å². The highest BCUT2D eigenvalue weighted by atomic mass is 31.0. The zero-order valence-corrected chi connectivity index (χ0v) is 17.9. The Morgan fingerprint density at radius 3 is 1.55 bits per heavy atom. The molecule has 0 bridgehead atoms. The highest BCUT2D eigenvalue weighted by Crippen LogP contribution is 2.26. The standard InChI is InChI=1S/C15H19P3.2C2H6/c16-8-11-1-3-12(4-2-11)13-5-6-14(9-17)15(7-13)10-18;2*1-2/h1-7H,8-10,16-18H2;2*1-2H3. The summed E-state index contributed by atoms with van der Waals surface area (Å²) in [6.07, 6.45) is 3.06. The van der Waals surface area contributed by atoms with Gasteiger partial charge in [-0.2, -0.15) is 0 Å². The zero-order valence-electron chi connectivity index (χ0n) is 14.4. The van der Waals surface area contributed by atoms with Crippen LogP contribution >= 0.6 is 27.7 Å². The molecule has 3 atom stereocenters. The van der Waals surface area contributed by atoms with Crippen molar-refractivity contribution in [2.75, 3.05) is 0 Å². The van der Waals surface area contributed by atoms with E-state index in [1.807, 2.05) is 27.7 Å². The van der Waals surface area contributed by atoms with Gasteiger partial charge in [-0.15, -0.1) is 27.7 Å². The summed E-state index contributed by atoms with van der Waals surface area (Å²) < 4.78 is 0. The summed E-state index contributed by atoms with van der Waals surface area (Å²) in [7, 11) is 8.38. The molecule has 0 saturated carbocycles. The van der Waals surface area contributed by atoms with Crippen LogP contribution in [0, 0.1) is 0 Å². The third-order valence-corrected chi connectivity index (χ3v) is 4.52. The normalized spacial score (nSPS) is 9.23. The fourth-order valence-corrected chi connectivity index (χ4v) is 3.08. The SMILES string of the molecule is CC.CC.PCc1ccc(-c2ccc(CP)c(CP)c2)cc1. The fraction of sp³-hybridized carbons (Fsp3) is 0.368. The first kappa shape index (κ1) is 21.7. The molecule has 0 spiro atoms. The van der Waals surface area contributed by atoms with Crippen LogP contribution < -0.4 is 0 Å². The van der Waals surface area contributed by atoms with Gasteiger partial charge >= 0.3 is 0 Å². The molecular formula is C19H31P3. The van der Waals surface area contributed by atoms with Crippen LogP contribution in [0.5, 0.6) is 0 Å². The van der Waals surface area contributed by atoms with Crippen molar-refractivity contribution in [3.05, 3.63) is 59.2 Å². The van der Waals surface area contributed by atoms with E-state index < -0.39 is 0 Å². The maximum Gasteiger partial charge on any atom is -0.0125 e. The van der Waals surface area contributed by atoms with Gasteiger partial charge in [-0.05, 0) is 46.3 Å². The van der Waals surface area contributed by atoms with Gasteiger partial charge in [0.15, 0.2) is 0 Å². The van der Waals surface area contributed by atoms with E-state index in [1.165, 1.54) is 27.8 Å². The summed E-state index contributed by atoms with van der Waals surface area (Å²) in [6.45, 7) is 8.00. The van der Waals surface area contributed by atoms with Crippen molar-refractivity contribution in [3.8, 4) is 11.1 Å². The maximum absolute atomic E-state index is 2.82. The Hall–Kier alpha value is -0.270. The van der Waals surface area contributed by atoms with Crippen molar-refractivity contribution in [1.82, 2.24) is 0 Å². The van der Waals surface area contributed by atoms with Crippen molar-refractivity contribution in [2.45, 2.75) is 46.2 Å². The van der Waals surface area contributed by atoms with E-state index in [0.717, 1.165) is 18.5 Å². The molecule has 0 aliphatic carbocycles. The van der Waals surface area contributed by atoms with Gasteiger partial charge in [0.25, 0.3) is 0 Å². The average molecular weight is 352 g/mol. The Labute approximate surface area is 144 Å². The minimum absolute atomic E-state index is 1.02. The van der Waals surface area contributed by atoms with Crippen LogP contribution in [-0.4, -0.2) is 0 Å². The molecule has 0 fully saturated rings. The molecule has 0 N–H and O–H groups in total. The summed E-state index contributed by atoms with van der Waals surface area (Å²) in [5, 5.41) is 0. The minimum Gasteiger partial charge on any atom is -0.133 e. The summed E-state index contributed by atoms with van der Waals surface area (Å²) >= 11 is 0. The third kappa shape index (κ3) is 6.46. The van der Waals surface area contributed by atoms with Gasteiger partial charge in [-0.1, -0.05) is 70.2 Å². The topological polar surface area (TPSA) is 0 Å². The van der Waals surface area contributed by atoms with E-state index in [9.17, 15) is 0 Å². The molecule has 2 rings (SSSR count). The van der Waals surface area contributed by atoms with E-state index >= 15 is 0 Å². The second-order valence-electron chi connectivity index (χ2n) is 4.29. The van der Waals surface area contributed by atoms with Crippen LogP contribution in [0.15, 0.2) is 42.5 Å². The Balaban J connectivity index is 0.00000102. The second kappa shape index (κ2) is 13.2. The lowest BCUT2D eigenvalue weighted by Crippen LogP contribution is -1.89. The van der Waals surface area contributed by atoms with Crippen LogP contribution in [-0.2, 0) is 18.5 Å².